The van der Waals surface area contributed by atoms with Gasteiger partial charge in [0.25, 0.3) is 0 Å². The van der Waals surface area contributed by atoms with Crippen LogP contribution in [0.1, 0.15) is 19.4 Å². The number of hydrogen-bond donors (Lipinski definition) is 2. The van der Waals surface area contributed by atoms with Gasteiger partial charge < -0.3 is 24.6 Å². The van der Waals surface area contributed by atoms with Crippen molar-refractivity contribution in [2.45, 2.75) is 26.0 Å². The maximum atomic E-state index is 9.95. The molecule has 0 fully saturated rings. The van der Waals surface area contributed by atoms with Gasteiger partial charge in [-0.3, -0.25) is 0 Å². The molecule has 0 amide bonds. The van der Waals surface area contributed by atoms with Crippen LogP contribution in [0.5, 0.6) is 11.5 Å². The van der Waals surface area contributed by atoms with Crippen LogP contribution in [0.15, 0.2) is 24.3 Å². The van der Waals surface area contributed by atoms with Crippen LogP contribution < -0.4 is 14.8 Å². The highest BCUT2D eigenvalue weighted by Gasteiger charge is 2.10. The summed E-state index contributed by atoms with van der Waals surface area (Å²) in [5, 5.41) is 13.1. The SMILES string of the molecule is C/C=C/c1ccc(OC[C@H](O)CN[C@@H](C)COC)c(OC)c1. The number of hydrogen-bond acceptors (Lipinski definition) is 5. The molecule has 0 aliphatic carbocycles. The molecule has 2 atom stereocenters. The molecule has 1 aromatic carbocycles. The van der Waals surface area contributed by atoms with E-state index in [1.807, 2.05) is 44.2 Å². The number of ether oxygens (including phenoxy) is 3. The van der Waals surface area contributed by atoms with Gasteiger partial charge >= 0.3 is 0 Å². The summed E-state index contributed by atoms with van der Waals surface area (Å²) in [6, 6.07) is 5.89. The molecule has 2 N–H and O–H groups in total. The molecule has 0 aliphatic heterocycles. The van der Waals surface area contributed by atoms with Gasteiger partial charge in [-0.25, -0.2) is 0 Å². The zero-order valence-electron chi connectivity index (χ0n) is 13.8. The fourth-order valence-corrected chi connectivity index (χ4v) is 1.99. The van der Waals surface area contributed by atoms with Gasteiger partial charge in [0.2, 0.25) is 0 Å². The normalized spacial score (nSPS) is 14.0. The lowest BCUT2D eigenvalue weighted by atomic mass is 10.2. The van der Waals surface area contributed by atoms with Crippen molar-refractivity contribution < 1.29 is 19.3 Å². The molecule has 0 bridgehead atoms. The van der Waals surface area contributed by atoms with Crippen molar-refractivity contribution >= 4 is 6.08 Å². The Kier molecular flexibility index (Phi) is 8.58. The van der Waals surface area contributed by atoms with Gasteiger partial charge in [0.1, 0.15) is 12.7 Å². The van der Waals surface area contributed by atoms with E-state index in [4.69, 9.17) is 14.2 Å². The molecule has 0 aliphatic rings. The Morgan fingerprint density at radius 1 is 1.23 bits per heavy atom. The summed E-state index contributed by atoms with van der Waals surface area (Å²) >= 11 is 0. The van der Waals surface area contributed by atoms with E-state index in [0.29, 0.717) is 24.7 Å². The summed E-state index contributed by atoms with van der Waals surface area (Å²) in [5.41, 5.74) is 1.04. The van der Waals surface area contributed by atoms with Gasteiger partial charge in [-0.1, -0.05) is 18.2 Å². The standard InChI is InChI=1S/C17H27NO4/c1-5-6-14-7-8-16(17(9-14)21-4)22-12-15(19)10-18-13(2)11-20-3/h5-9,13,15,18-19H,10-12H2,1-4H3/b6-5+/t13-,15+/m0/s1. The Morgan fingerprint density at radius 2 is 2.00 bits per heavy atom. The van der Waals surface area contributed by atoms with Crippen molar-refractivity contribution in [2.24, 2.45) is 0 Å². The Bertz CT molecular complexity index is 462. The summed E-state index contributed by atoms with van der Waals surface area (Å²) in [6.45, 7) is 5.22. The third kappa shape index (κ3) is 6.47. The lowest BCUT2D eigenvalue weighted by molar-refractivity contribution is 0.0959. The number of rotatable bonds is 10. The Labute approximate surface area is 132 Å². The molecule has 22 heavy (non-hydrogen) atoms. The van der Waals surface area contributed by atoms with E-state index in [2.05, 4.69) is 5.32 Å². The van der Waals surface area contributed by atoms with Gasteiger partial charge in [0, 0.05) is 19.7 Å². The van der Waals surface area contributed by atoms with Crippen LogP contribution in [0.3, 0.4) is 0 Å². The predicted molar refractivity (Wildman–Crippen MR) is 88.5 cm³/mol. The molecule has 0 radical (unpaired) electrons. The lowest BCUT2D eigenvalue weighted by Gasteiger charge is -2.18. The quantitative estimate of drug-likeness (QED) is 0.693. The monoisotopic (exact) mass is 309 g/mol. The average Bonchev–Trinajstić information content (AvgIpc) is 2.52. The fraction of sp³-hybridized carbons (Fsp3) is 0.529. The van der Waals surface area contributed by atoms with Crippen molar-refractivity contribution in [3.8, 4) is 11.5 Å². The van der Waals surface area contributed by atoms with Crippen LogP contribution in [0, 0.1) is 0 Å². The van der Waals surface area contributed by atoms with E-state index in [1.165, 1.54) is 0 Å². The lowest BCUT2D eigenvalue weighted by Crippen LogP contribution is -2.38. The minimum atomic E-state index is -0.598. The van der Waals surface area contributed by atoms with Gasteiger partial charge in [0.15, 0.2) is 11.5 Å². The maximum absolute atomic E-state index is 9.95. The number of methoxy groups -OCH3 is 2. The predicted octanol–water partition coefficient (Wildman–Crippen LogP) is 2.09. The third-order valence-electron chi connectivity index (χ3n) is 3.10. The molecule has 5 nitrogen and oxygen atoms in total. The summed E-state index contributed by atoms with van der Waals surface area (Å²) < 4.78 is 16.0. The minimum Gasteiger partial charge on any atom is -0.493 e. The van der Waals surface area contributed by atoms with Crippen LogP contribution in [-0.4, -0.2) is 51.2 Å². The van der Waals surface area contributed by atoms with Crippen LogP contribution in [-0.2, 0) is 4.74 Å². The van der Waals surface area contributed by atoms with Crippen molar-refractivity contribution in [2.75, 3.05) is 34.0 Å². The smallest absolute Gasteiger partial charge is 0.161 e. The first kappa shape index (κ1) is 18.5. The Morgan fingerprint density at radius 3 is 2.64 bits per heavy atom. The highest BCUT2D eigenvalue weighted by atomic mass is 16.5. The number of benzene rings is 1. The second-order valence-electron chi connectivity index (χ2n) is 5.14. The molecule has 124 valence electrons. The number of aliphatic hydroxyl groups excluding tert-OH is 1. The molecule has 0 saturated heterocycles. The van der Waals surface area contributed by atoms with Gasteiger partial charge in [-0.15, -0.1) is 0 Å². The summed E-state index contributed by atoms with van der Waals surface area (Å²) in [4.78, 5) is 0. The molecule has 1 rings (SSSR count). The molecular formula is C17H27NO4. The molecule has 5 heteroatoms. The molecule has 1 aromatic rings. The van der Waals surface area contributed by atoms with Gasteiger partial charge in [0.05, 0.1) is 13.7 Å². The van der Waals surface area contributed by atoms with E-state index in [1.54, 1.807) is 14.2 Å². The molecule has 0 saturated carbocycles. The largest absolute Gasteiger partial charge is 0.493 e. The molecule has 0 unspecified atom stereocenters. The third-order valence-corrected chi connectivity index (χ3v) is 3.10. The average molecular weight is 309 g/mol. The molecular weight excluding hydrogens is 282 g/mol. The summed E-state index contributed by atoms with van der Waals surface area (Å²) in [7, 11) is 3.26. The minimum absolute atomic E-state index is 0.189. The number of allylic oxidation sites excluding steroid dienone is 1. The van der Waals surface area contributed by atoms with Crippen LogP contribution in [0.2, 0.25) is 0 Å². The van der Waals surface area contributed by atoms with Crippen molar-refractivity contribution in [3.63, 3.8) is 0 Å². The van der Waals surface area contributed by atoms with Crippen LogP contribution >= 0.6 is 0 Å². The van der Waals surface area contributed by atoms with E-state index in [-0.39, 0.29) is 12.6 Å². The van der Waals surface area contributed by atoms with E-state index >= 15 is 0 Å². The summed E-state index contributed by atoms with van der Waals surface area (Å²) in [5.74, 6) is 1.28. The zero-order chi connectivity index (χ0) is 16.4. The van der Waals surface area contributed by atoms with Gasteiger partial charge in [-0.2, -0.15) is 0 Å². The number of aliphatic hydroxyl groups is 1. The maximum Gasteiger partial charge on any atom is 0.161 e. The van der Waals surface area contributed by atoms with Crippen LogP contribution in [0.4, 0.5) is 0 Å². The van der Waals surface area contributed by atoms with E-state index in [0.717, 1.165) is 5.56 Å². The first-order valence-electron chi connectivity index (χ1n) is 7.44. The van der Waals surface area contributed by atoms with E-state index < -0.39 is 6.10 Å². The summed E-state index contributed by atoms with van der Waals surface area (Å²) in [6.07, 6.45) is 3.35. The van der Waals surface area contributed by atoms with E-state index in [9.17, 15) is 5.11 Å². The highest BCUT2D eigenvalue weighted by Crippen LogP contribution is 2.28. The second kappa shape index (κ2) is 10.2. The van der Waals surface area contributed by atoms with Crippen molar-refractivity contribution in [1.29, 1.82) is 0 Å². The molecule has 0 aromatic heterocycles. The van der Waals surface area contributed by atoms with Gasteiger partial charge in [-0.05, 0) is 31.5 Å². The Hall–Kier alpha value is -1.56. The number of nitrogens with one attached hydrogen (secondary N) is 1. The highest BCUT2D eigenvalue weighted by molar-refractivity contribution is 5.55. The first-order chi connectivity index (χ1) is 10.6. The topological polar surface area (TPSA) is 60.0 Å². The fourth-order valence-electron chi connectivity index (χ4n) is 1.99. The molecule has 0 spiro atoms. The molecule has 0 heterocycles. The zero-order valence-corrected chi connectivity index (χ0v) is 13.8. The van der Waals surface area contributed by atoms with Crippen molar-refractivity contribution in [3.05, 3.63) is 29.8 Å². The van der Waals surface area contributed by atoms with Crippen LogP contribution in [0.25, 0.3) is 6.08 Å². The first-order valence-corrected chi connectivity index (χ1v) is 7.44. The second-order valence-corrected chi connectivity index (χ2v) is 5.14. The Balaban J connectivity index is 2.49. The van der Waals surface area contributed by atoms with Crippen molar-refractivity contribution in [1.82, 2.24) is 5.32 Å².